The van der Waals surface area contributed by atoms with Gasteiger partial charge in [0.25, 0.3) is 0 Å². The number of carbonyl (C=O) groups excluding carboxylic acids is 2. The minimum Gasteiger partial charge on any atom is -0.481 e. The highest BCUT2D eigenvalue weighted by molar-refractivity contribution is 5.86. The number of carboxylic acid groups (broad SMARTS) is 2. The minimum atomic E-state index is -1.51. The Bertz CT molecular complexity index is 394. The summed E-state index contributed by atoms with van der Waals surface area (Å²) in [7, 11) is 0. The van der Waals surface area contributed by atoms with E-state index in [0.717, 1.165) is 0 Å². The Kier molecular flexibility index (Phi) is 8.51. The third kappa shape index (κ3) is 7.75. The van der Waals surface area contributed by atoms with Crippen molar-refractivity contribution in [2.45, 2.75) is 32.7 Å². The van der Waals surface area contributed by atoms with E-state index in [1.807, 2.05) is 19.2 Å². The van der Waals surface area contributed by atoms with Gasteiger partial charge in [-0.1, -0.05) is 0 Å². The fraction of sp³-hybridized carbons (Fsp3) is 0.667. The number of carbonyl (C=O) groups is 4. The largest absolute Gasteiger partial charge is 0.481 e. The van der Waals surface area contributed by atoms with Gasteiger partial charge in [0.2, 0.25) is 5.91 Å². The first-order valence-corrected chi connectivity index (χ1v) is 6.58. The van der Waals surface area contributed by atoms with E-state index in [-0.39, 0.29) is 18.9 Å². The van der Waals surface area contributed by atoms with Gasteiger partial charge in [-0.2, -0.15) is 0 Å². The van der Waals surface area contributed by atoms with E-state index < -0.39 is 30.4 Å². The molecule has 0 aliphatic carbocycles. The zero-order chi connectivity index (χ0) is 16.4. The number of nitrogens with one attached hydrogen (secondary N) is 2. The lowest BCUT2D eigenvalue weighted by atomic mass is 10.2. The highest BCUT2D eigenvalue weighted by atomic mass is 16.4. The number of amides is 3. The molecule has 120 valence electrons. The van der Waals surface area contributed by atoms with Gasteiger partial charge in [-0.25, -0.2) is 9.59 Å². The molecule has 0 spiro atoms. The molecule has 0 fully saturated rings. The lowest BCUT2D eigenvalue weighted by Crippen LogP contribution is -2.47. The molecule has 3 amide bonds. The Labute approximate surface area is 122 Å². The molecule has 0 aromatic rings. The monoisotopic (exact) mass is 303 g/mol. The molecule has 1 atom stereocenters. The number of hydrogen-bond donors (Lipinski definition) is 4. The number of carboxylic acids is 2. The van der Waals surface area contributed by atoms with Crippen LogP contribution in [0.1, 0.15) is 26.7 Å². The molecule has 0 heterocycles. The zero-order valence-corrected chi connectivity index (χ0v) is 12.1. The summed E-state index contributed by atoms with van der Waals surface area (Å²) in [6.07, 6.45) is -0.632. The van der Waals surface area contributed by atoms with Crippen LogP contribution in [-0.4, -0.2) is 64.7 Å². The first-order valence-electron chi connectivity index (χ1n) is 6.58. The van der Waals surface area contributed by atoms with Gasteiger partial charge in [0.15, 0.2) is 0 Å². The summed E-state index contributed by atoms with van der Waals surface area (Å²) in [5.74, 6) is -2.90. The minimum absolute atomic E-state index is 0.0422. The summed E-state index contributed by atoms with van der Waals surface area (Å²) in [5.41, 5.74) is 0. The summed E-state index contributed by atoms with van der Waals surface area (Å²) >= 11 is 0. The molecule has 0 aliphatic rings. The van der Waals surface area contributed by atoms with Crippen LogP contribution in [0.3, 0.4) is 0 Å². The van der Waals surface area contributed by atoms with E-state index >= 15 is 0 Å². The van der Waals surface area contributed by atoms with Crippen molar-refractivity contribution in [2.75, 3.05) is 19.6 Å². The van der Waals surface area contributed by atoms with Crippen molar-refractivity contribution in [1.82, 2.24) is 15.5 Å². The fourth-order valence-electron chi connectivity index (χ4n) is 1.60. The van der Waals surface area contributed by atoms with Gasteiger partial charge in [0, 0.05) is 26.1 Å². The Morgan fingerprint density at radius 1 is 1.10 bits per heavy atom. The molecule has 0 rings (SSSR count). The SMILES string of the molecule is CCN(CC)C(=O)CCNC(=O)N[C@H](CC(=O)O)C(=O)O. The van der Waals surface area contributed by atoms with Crippen LogP contribution < -0.4 is 10.6 Å². The van der Waals surface area contributed by atoms with Crippen LogP contribution in [-0.2, 0) is 14.4 Å². The van der Waals surface area contributed by atoms with Crippen molar-refractivity contribution in [1.29, 1.82) is 0 Å². The maximum atomic E-state index is 11.6. The molecule has 0 radical (unpaired) electrons. The lowest BCUT2D eigenvalue weighted by Gasteiger charge is -2.19. The Morgan fingerprint density at radius 2 is 1.67 bits per heavy atom. The first-order chi connectivity index (χ1) is 9.81. The summed E-state index contributed by atoms with van der Waals surface area (Å²) in [6, 6.07) is -2.34. The van der Waals surface area contributed by atoms with Gasteiger partial charge in [0.1, 0.15) is 6.04 Å². The third-order valence-corrected chi connectivity index (χ3v) is 2.72. The Morgan fingerprint density at radius 3 is 2.10 bits per heavy atom. The van der Waals surface area contributed by atoms with Gasteiger partial charge < -0.3 is 25.7 Å². The van der Waals surface area contributed by atoms with Crippen LogP contribution in [0.2, 0.25) is 0 Å². The summed E-state index contributed by atoms with van der Waals surface area (Å²) in [5, 5.41) is 21.6. The van der Waals surface area contributed by atoms with Crippen LogP contribution in [0.5, 0.6) is 0 Å². The molecule has 0 aromatic heterocycles. The van der Waals surface area contributed by atoms with Gasteiger partial charge in [-0.05, 0) is 13.8 Å². The number of aliphatic carboxylic acids is 2. The van der Waals surface area contributed by atoms with Crippen molar-refractivity contribution in [3.8, 4) is 0 Å². The molecule has 0 saturated carbocycles. The number of nitrogens with zero attached hydrogens (tertiary/aromatic N) is 1. The molecule has 9 heteroatoms. The molecule has 9 nitrogen and oxygen atoms in total. The molecule has 21 heavy (non-hydrogen) atoms. The topological polar surface area (TPSA) is 136 Å². The lowest BCUT2D eigenvalue weighted by molar-refractivity contribution is -0.145. The van der Waals surface area contributed by atoms with Gasteiger partial charge in [0.05, 0.1) is 6.42 Å². The van der Waals surface area contributed by atoms with Crippen molar-refractivity contribution in [2.24, 2.45) is 0 Å². The Balaban J connectivity index is 4.17. The van der Waals surface area contributed by atoms with E-state index in [1.54, 1.807) is 4.90 Å². The van der Waals surface area contributed by atoms with Crippen LogP contribution >= 0.6 is 0 Å². The van der Waals surface area contributed by atoms with Gasteiger partial charge in [-0.15, -0.1) is 0 Å². The maximum Gasteiger partial charge on any atom is 0.326 e. The molecular formula is C12H21N3O6. The van der Waals surface area contributed by atoms with Crippen LogP contribution in [0.15, 0.2) is 0 Å². The van der Waals surface area contributed by atoms with Crippen LogP contribution in [0, 0.1) is 0 Å². The summed E-state index contributed by atoms with van der Waals surface area (Å²) in [4.78, 5) is 45.9. The normalized spacial score (nSPS) is 11.3. The fourth-order valence-corrected chi connectivity index (χ4v) is 1.60. The van der Waals surface area contributed by atoms with Crippen molar-refractivity contribution in [3.05, 3.63) is 0 Å². The number of hydrogen-bond acceptors (Lipinski definition) is 4. The highest BCUT2D eigenvalue weighted by Crippen LogP contribution is 1.94. The second kappa shape index (κ2) is 9.56. The van der Waals surface area contributed by atoms with E-state index in [4.69, 9.17) is 10.2 Å². The molecular weight excluding hydrogens is 282 g/mol. The second-order valence-corrected chi connectivity index (χ2v) is 4.20. The van der Waals surface area contributed by atoms with Crippen LogP contribution in [0.25, 0.3) is 0 Å². The van der Waals surface area contributed by atoms with Gasteiger partial charge >= 0.3 is 18.0 Å². The molecule has 0 unspecified atom stereocenters. The Hall–Kier alpha value is -2.32. The number of rotatable bonds is 9. The van der Waals surface area contributed by atoms with E-state index in [1.165, 1.54) is 0 Å². The molecule has 0 aromatic carbocycles. The average molecular weight is 303 g/mol. The molecule has 0 bridgehead atoms. The maximum absolute atomic E-state index is 11.6. The van der Waals surface area contributed by atoms with Crippen molar-refractivity contribution < 1.29 is 29.4 Å². The van der Waals surface area contributed by atoms with Crippen molar-refractivity contribution >= 4 is 23.9 Å². The second-order valence-electron chi connectivity index (χ2n) is 4.20. The number of urea groups is 1. The van der Waals surface area contributed by atoms with Crippen molar-refractivity contribution in [3.63, 3.8) is 0 Å². The van der Waals surface area contributed by atoms with E-state index in [2.05, 4.69) is 5.32 Å². The standard InChI is InChI=1S/C12H21N3O6/c1-3-15(4-2)9(16)5-6-13-12(21)14-8(11(19)20)7-10(17)18/h8H,3-7H2,1-2H3,(H,17,18)(H,19,20)(H2,13,14,21)/t8-/m1/s1. The van der Waals surface area contributed by atoms with Gasteiger partial charge in [-0.3, -0.25) is 9.59 Å². The summed E-state index contributed by atoms with van der Waals surface area (Å²) in [6.45, 7) is 4.86. The predicted octanol–water partition coefficient (Wildman–Crippen LogP) is -0.528. The first kappa shape index (κ1) is 18.7. The third-order valence-electron chi connectivity index (χ3n) is 2.72. The van der Waals surface area contributed by atoms with E-state index in [9.17, 15) is 19.2 Å². The highest BCUT2D eigenvalue weighted by Gasteiger charge is 2.22. The zero-order valence-electron chi connectivity index (χ0n) is 12.1. The quantitative estimate of drug-likeness (QED) is 0.452. The van der Waals surface area contributed by atoms with Crippen LogP contribution in [0.4, 0.5) is 4.79 Å². The predicted molar refractivity (Wildman–Crippen MR) is 72.8 cm³/mol. The average Bonchev–Trinajstić information content (AvgIpc) is 2.38. The molecule has 0 saturated heterocycles. The molecule has 0 aliphatic heterocycles. The smallest absolute Gasteiger partial charge is 0.326 e. The molecule has 4 N–H and O–H groups in total. The summed E-state index contributed by atoms with van der Waals surface area (Å²) < 4.78 is 0. The van der Waals surface area contributed by atoms with E-state index in [0.29, 0.717) is 13.1 Å².